The summed E-state index contributed by atoms with van der Waals surface area (Å²) < 4.78 is 82.0. The van der Waals surface area contributed by atoms with Crippen molar-refractivity contribution in [2.75, 3.05) is 11.4 Å². The SMILES string of the molecule is N#Cc1ccc(N(Cc2ncco2)CC(F)(F)F)cc1C(F)(F)F. The van der Waals surface area contributed by atoms with E-state index in [-0.39, 0.29) is 11.6 Å². The quantitative estimate of drug-likeness (QED) is 0.779. The predicted molar refractivity (Wildman–Crippen MR) is 69.8 cm³/mol. The molecule has 1 aromatic carbocycles. The summed E-state index contributed by atoms with van der Waals surface area (Å²) in [6.07, 6.45) is -7.17. The van der Waals surface area contributed by atoms with Gasteiger partial charge in [0, 0.05) is 5.69 Å². The Hall–Kier alpha value is -2.70. The molecule has 0 bridgehead atoms. The van der Waals surface area contributed by atoms with Gasteiger partial charge in [0.25, 0.3) is 0 Å². The minimum absolute atomic E-state index is 0.0860. The summed E-state index contributed by atoms with van der Waals surface area (Å²) in [5, 5.41) is 8.74. The van der Waals surface area contributed by atoms with E-state index in [0.717, 1.165) is 18.4 Å². The number of hydrogen-bond donors (Lipinski definition) is 0. The average Bonchev–Trinajstić information content (AvgIpc) is 2.96. The van der Waals surface area contributed by atoms with Gasteiger partial charge in [0.15, 0.2) is 0 Å². The summed E-state index contributed by atoms with van der Waals surface area (Å²) in [4.78, 5) is 4.31. The molecule has 128 valence electrons. The zero-order valence-electron chi connectivity index (χ0n) is 11.8. The van der Waals surface area contributed by atoms with E-state index in [0.29, 0.717) is 11.0 Å². The third-order valence-electron chi connectivity index (χ3n) is 2.97. The molecular formula is C14H9F6N3O. The second-order valence-corrected chi connectivity index (χ2v) is 4.74. The lowest BCUT2D eigenvalue weighted by atomic mass is 10.1. The number of aromatic nitrogens is 1. The summed E-state index contributed by atoms with van der Waals surface area (Å²) in [7, 11) is 0. The Balaban J connectivity index is 2.44. The molecule has 0 saturated heterocycles. The second-order valence-electron chi connectivity index (χ2n) is 4.74. The van der Waals surface area contributed by atoms with Gasteiger partial charge in [-0.25, -0.2) is 4.98 Å². The van der Waals surface area contributed by atoms with E-state index in [4.69, 9.17) is 9.68 Å². The maximum absolute atomic E-state index is 13.0. The van der Waals surface area contributed by atoms with Gasteiger partial charge in [-0.1, -0.05) is 0 Å². The second kappa shape index (κ2) is 6.43. The first kappa shape index (κ1) is 17.7. The zero-order chi connectivity index (χ0) is 18.0. The number of alkyl halides is 6. The number of benzene rings is 1. The van der Waals surface area contributed by atoms with Gasteiger partial charge < -0.3 is 9.32 Å². The molecule has 24 heavy (non-hydrogen) atoms. The molecule has 0 aliphatic carbocycles. The third kappa shape index (κ3) is 4.41. The highest BCUT2D eigenvalue weighted by Gasteiger charge is 2.36. The molecule has 0 aliphatic rings. The van der Waals surface area contributed by atoms with Crippen LogP contribution in [0.5, 0.6) is 0 Å². The first-order chi connectivity index (χ1) is 11.1. The number of nitriles is 1. The van der Waals surface area contributed by atoms with E-state index in [1.54, 1.807) is 0 Å². The van der Waals surface area contributed by atoms with Gasteiger partial charge in [-0.15, -0.1) is 0 Å². The van der Waals surface area contributed by atoms with Crippen LogP contribution in [0.3, 0.4) is 0 Å². The molecule has 10 heteroatoms. The number of rotatable bonds is 4. The van der Waals surface area contributed by atoms with E-state index in [1.807, 2.05) is 0 Å². The van der Waals surface area contributed by atoms with E-state index < -0.39 is 36.6 Å². The van der Waals surface area contributed by atoms with Crippen LogP contribution in [0.15, 0.2) is 35.1 Å². The van der Waals surface area contributed by atoms with Crippen molar-refractivity contribution < 1.29 is 30.8 Å². The van der Waals surface area contributed by atoms with Gasteiger partial charge >= 0.3 is 12.4 Å². The Morgan fingerprint density at radius 1 is 1.17 bits per heavy atom. The van der Waals surface area contributed by atoms with Crippen LogP contribution in [-0.4, -0.2) is 17.7 Å². The highest BCUT2D eigenvalue weighted by Crippen LogP contribution is 2.35. The van der Waals surface area contributed by atoms with E-state index in [1.165, 1.54) is 12.3 Å². The number of anilines is 1. The lowest BCUT2D eigenvalue weighted by molar-refractivity contribution is -0.137. The zero-order valence-corrected chi connectivity index (χ0v) is 11.8. The minimum atomic E-state index is -4.87. The van der Waals surface area contributed by atoms with Crippen molar-refractivity contribution in [2.24, 2.45) is 0 Å². The molecule has 2 aromatic rings. The van der Waals surface area contributed by atoms with Crippen LogP contribution in [0.25, 0.3) is 0 Å². The fourth-order valence-electron chi connectivity index (χ4n) is 2.01. The van der Waals surface area contributed by atoms with Crippen molar-refractivity contribution in [3.63, 3.8) is 0 Å². The smallest absolute Gasteiger partial charge is 0.417 e. The maximum atomic E-state index is 13.0. The topological polar surface area (TPSA) is 53.1 Å². The van der Waals surface area contributed by atoms with Gasteiger partial charge in [-0.05, 0) is 18.2 Å². The Labute approximate surface area is 131 Å². The lowest BCUT2D eigenvalue weighted by Crippen LogP contribution is -2.34. The standard InChI is InChI=1S/C14H9F6N3O/c15-13(16,17)8-23(7-12-22-3-4-24-12)10-2-1-9(6-21)11(5-10)14(18,19)20/h1-5H,7-8H2. The molecule has 0 saturated carbocycles. The van der Waals surface area contributed by atoms with Gasteiger partial charge in [0.1, 0.15) is 12.8 Å². The van der Waals surface area contributed by atoms with E-state index >= 15 is 0 Å². The molecule has 0 spiro atoms. The van der Waals surface area contributed by atoms with Gasteiger partial charge in [0.2, 0.25) is 5.89 Å². The summed E-state index contributed by atoms with van der Waals surface area (Å²) in [5.41, 5.74) is -2.33. The molecule has 0 unspecified atom stereocenters. The van der Waals surface area contributed by atoms with Crippen molar-refractivity contribution in [1.29, 1.82) is 5.26 Å². The first-order valence-corrected chi connectivity index (χ1v) is 6.41. The van der Waals surface area contributed by atoms with Crippen LogP contribution in [-0.2, 0) is 12.7 Å². The molecule has 0 fully saturated rings. The van der Waals surface area contributed by atoms with Crippen LogP contribution < -0.4 is 4.90 Å². The molecule has 2 rings (SSSR count). The van der Waals surface area contributed by atoms with Crippen LogP contribution in [0.2, 0.25) is 0 Å². The molecule has 1 heterocycles. The molecule has 4 nitrogen and oxygen atoms in total. The molecule has 0 radical (unpaired) electrons. The van der Waals surface area contributed by atoms with Crippen molar-refractivity contribution in [2.45, 2.75) is 18.9 Å². The van der Waals surface area contributed by atoms with Crippen molar-refractivity contribution in [1.82, 2.24) is 4.98 Å². The summed E-state index contributed by atoms with van der Waals surface area (Å²) in [6.45, 7) is -1.98. The van der Waals surface area contributed by atoms with Gasteiger partial charge in [0.05, 0.1) is 29.9 Å². The largest absolute Gasteiger partial charge is 0.447 e. The fraction of sp³-hybridized carbons (Fsp3) is 0.286. The highest BCUT2D eigenvalue weighted by molar-refractivity contribution is 5.55. The summed E-state index contributed by atoms with van der Waals surface area (Å²) in [6, 6.07) is 3.72. The van der Waals surface area contributed by atoms with Crippen molar-refractivity contribution >= 4 is 5.69 Å². The Kier molecular flexibility index (Phi) is 4.73. The molecule has 0 amide bonds. The fourth-order valence-corrected chi connectivity index (χ4v) is 2.01. The normalized spacial score (nSPS) is 12.0. The Bertz CT molecular complexity index is 730. The molecule has 0 atom stereocenters. The average molecular weight is 349 g/mol. The molecule has 0 N–H and O–H groups in total. The molecule has 1 aromatic heterocycles. The predicted octanol–water partition coefficient (Wildman–Crippen LogP) is 4.13. The number of nitrogens with zero attached hydrogens (tertiary/aromatic N) is 3. The Morgan fingerprint density at radius 2 is 1.88 bits per heavy atom. The van der Waals surface area contributed by atoms with Gasteiger partial charge in [-0.2, -0.15) is 31.6 Å². The van der Waals surface area contributed by atoms with E-state index in [9.17, 15) is 26.3 Å². The molecular weight excluding hydrogens is 340 g/mol. The van der Waals surface area contributed by atoms with Crippen LogP contribution in [0.4, 0.5) is 32.0 Å². The highest BCUT2D eigenvalue weighted by atomic mass is 19.4. The number of halogens is 6. The van der Waals surface area contributed by atoms with Crippen LogP contribution >= 0.6 is 0 Å². The van der Waals surface area contributed by atoms with Crippen LogP contribution in [0, 0.1) is 11.3 Å². The third-order valence-corrected chi connectivity index (χ3v) is 2.97. The summed E-state index contributed by atoms with van der Waals surface area (Å²) in [5.74, 6) is -0.0860. The lowest BCUT2D eigenvalue weighted by Gasteiger charge is -2.25. The number of oxazole rings is 1. The van der Waals surface area contributed by atoms with Crippen LogP contribution in [0.1, 0.15) is 17.0 Å². The summed E-state index contributed by atoms with van der Waals surface area (Å²) >= 11 is 0. The van der Waals surface area contributed by atoms with Crippen molar-refractivity contribution in [3.8, 4) is 6.07 Å². The van der Waals surface area contributed by atoms with Crippen molar-refractivity contribution in [3.05, 3.63) is 47.7 Å². The minimum Gasteiger partial charge on any atom is -0.447 e. The number of hydrogen-bond acceptors (Lipinski definition) is 4. The van der Waals surface area contributed by atoms with Gasteiger partial charge in [-0.3, -0.25) is 0 Å². The first-order valence-electron chi connectivity index (χ1n) is 6.41. The Morgan fingerprint density at radius 3 is 2.38 bits per heavy atom. The van der Waals surface area contributed by atoms with E-state index in [2.05, 4.69) is 4.98 Å². The molecule has 0 aliphatic heterocycles. The monoisotopic (exact) mass is 349 g/mol. The maximum Gasteiger partial charge on any atom is 0.417 e.